The second-order valence-corrected chi connectivity index (χ2v) is 8.49. The van der Waals surface area contributed by atoms with Crippen molar-refractivity contribution in [3.63, 3.8) is 0 Å². The number of piperazine rings is 1. The maximum absolute atomic E-state index is 12.6. The van der Waals surface area contributed by atoms with Crippen LogP contribution in [0.1, 0.15) is 26.4 Å². The lowest BCUT2D eigenvalue weighted by Gasteiger charge is -2.35. The van der Waals surface area contributed by atoms with Crippen LogP contribution in [0.4, 0.5) is 0 Å². The number of imide groups is 1. The standard InChI is InChI=1S/C23H22N4O2S/c28-22-19-8-4-5-9-20(19)23(29)27(22)16-26-12-10-25(11-13-26)14-18-15-30-21(24-18)17-6-2-1-3-7-17/h1-9,15H,10-14,16H2. The summed E-state index contributed by atoms with van der Waals surface area (Å²) in [6.07, 6.45) is 0. The number of nitrogens with zero attached hydrogens (tertiary/aromatic N) is 4. The molecular weight excluding hydrogens is 396 g/mol. The summed E-state index contributed by atoms with van der Waals surface area (Å²) in [5.74, 6) is -0.372. The molecule has 2 aliphatic rings. The normalized spacial score (nSPS) is 17.5. The van der Waals surface area contributed by atoms with Crippen molar-refractivity contribution in [1.82, 2.24) is 19.7 Å². The smallest absolute Gasteiger partial charge is 0.262 e. The summed E-state index contributed by atoms with van der Waals surface area (Å²) in [6, 6.07) is 17.3. The Balaban J connectivity index is 1.16. The molecule has 30 heavy (non-hydrogen) atoms. The third kappa shape index (κ3) is 3.67. The first-order valence-corrected chi connectivity index (χ1v) is 11.0. The third-order valence-corrected chi connectivity index (χ3v) is 6.58. The van der Waals surface area contributed by atoms with Crippen molar-refractivity contribution in [2.24, 2.45) is 0 Å². The van der Waals surface area contributed by atoms with E-state index in [1.54, 1.807) is 35.6 Å². The van der Waals surface area contributed by atoms with Gasteiger partial charge in [0.15, 0.2) is 0 Å². The van der Waals surface area contributed by atoms with E-state index in [0.717, 1.165) is 49.0 Å². The van der Waals surface area contributed by atoms with Crippen molar-refractivity contribution in [3.05, 3.63) is 76.8 Å². The zero-order valence-electron chi connectivity index (χ0n) is 16.5. The maximum Gasteiger partial charge on any atom is 0.262 e. The highest BCUT2D eigenvalue weighted by molar-refractivity contribution is 7.13. The van der Waals surface area contributed by atoms with Crippen LogP contribution >= 0.6 is 11.3 Å². The Morgan fingerprint density at radius 2 is 1.40 bits per heavy atom. The number of carbonyl (C=O) groups excluding carboxylic acids is 2. The molecule has 0 bridgehead atoms. The van der Waals surface area contributed by atoms with Gasteiger partial charge in [-0.15, -0.1) is 11.3 Å². The average molecular weight is 419 g/mol. The van der Waals surface area contributed by atoms with E-state index in [-0.39, 0.29) is 11.8 Å². The van der Waals surface area contributed by atoms with Gasteiger partial charge in [-0.2, -0.15) is 0 Å². The van der Waals surface area contributed by atoms with Gasteiger partial charge in [0.05, 0.1) is 23.5 Å². The highest BCUT2D eigenvalue weighted by Crippen LogP contribution is 2.25. The monoisotopic (exact) mass is 418 g/mol. The van der Waals surface area contributed by atoms with Crippen molar-refractivity contribution in [1.29, 1.82) is 0 Å². The molecule has 1 aromatic heterocycles. The van der Waals surface area contributed by atoms with Crippen molar-refractivity contribution in [2.45, 2.75) is 6.54 Å². The van der Waals surface area contributed by atoms with Crippen LogP contribution in [0.2, 0.25) is 0 Å². The lowest BCUT2D eigenvalue weighted by atomic mass is 10.1. The first-order chi connectivity index (χ1) is 14.7. The molecule has 1 fully saturated rings. The molecule has 5 rings (SSSR count). The molecule has 0 N–H and O–H groups in total. The average Bonchev–Trinajstić information content (AvgIpc) is 3.35. The van der Waals surface area contributed by atoms with Crippen molar-refractivity contribution >= 4 is 23.2 Å². The summed E-state index contributed by atoms with van der Waals surface area (Å²) >= 11 is 1.68. The molecule has 0 saturated carbocycles. The quantitative estimate of drug-likeness (QED) is 0.596. The summed E-state index contributed by atoms with van der Waals surface area (Å²) in [7, 11) is 0. The van der Waals surface area contributed by atoms with Crippen molar-refractivity contribution in [2.75, 3.05) is 32.8 Å². The minimum Gasteiger partial charge on any atom is -0.295 e. The molecular formula is C23H22N4O2S. The molecule has 7 heteroatoms. The van der Waals surface area contributed by atoms with E-state index in [2.05, 4.69) is 27.3 Å². The van der Waals surface area contributed by atoms with E-state index in [4.69, 9.17) is 4.98 Å². The van der Waals surface area contributed by atoms with E-state index >= 15 is 0 Å². The fourth-order valence-electron chi connectivity index (χ4n) is 3.98. The lowest BCUT2D eigenvalue weighted by Crippen LogP contribution is -2.50. The second kappa shape index (κ2) is 8.10. The lowest BCUT2D eigenvalue weighted by molar-refractivity contribution is 0.0447. The minimum absolute atomic E-state index is 0.186. The van der Waals surface area contributed by atoms with E-state index in [1.807, 2.05) is 18.2 Å². The van der Waals surface area contributed by atoms with Gasteiger partial charge in [-0.25, -0.2) is 4.98 Å². The van der Waals surface area contributed by atoms with E-state index < -0.39 is 0 Å². The minimum atomic E-state index is -0.186. The fourth-order valence-corrected chi connectivity index (χ4v) is 4.80. The Morgan fingerprint density at radius 1 is 0.800 bits per heavy atom. The van der Waals surface area contributed by atoms with Gasteiger partial charge in [0.25, 0.3) is 11.8 Å². The molecule has 3 heterocycles. The van der Waals surface area contributed by atoms with Gasteiger partial charge in [0.2, 0.25) is 0 Å². The second-order valence-electron chi connectivity index (χ2n) is 7.63. The molecule has 1 saturated heterocycles. The first-order valence-electron chi connectivity index (χ1n) is 10.1. The van der Waals surface area contributed by atoms with Gasteiger partial charge in [-0.05, 0) is 12.1 Å². The number of thiazole rings is 1. The molecule has 2 amide bonds. The molecule has 6 nitrogen and oxygen atoms in total. The number of carbonyl (C=O) groups is 2. The zero-order valence-corrected chi connectivity index (χ0v) is 17.3. The molecule has 0 radical (unpaired) electrons. The Morgan fingerprint density at radius 3 is 2.07 bits per heavy atom. The maximum atomic E-state index is 12.6. The van der Waals surface area contributed by atoms with Gasteiger partial charge >= 0.3 is 0 Å². The fraction of sp³-hybridized carbons (Fsp3) is 0.261. The number of hydrogen-bond donors (Lipinski definition) is 0. The van der Waals surface area contributed by atoms with Crippen LogP contribution in [-0.4, -0.2) is 64.3 Å². The number of benzene rings is 2. The van der Waals surface area contributed by atoms with E-state index in [9.17, 15) is 9.59 Å². The number of amides is 2. The van der Waals surface area contributed by atoms with E-state index in [0.29, 0.717) is 17.8 Å². The number of rotatable bonds is 5. The Kier molecular flexibility index (Phi) is 5.16. The highest BCUT2D eigenvalue weighted by atomic mass is 32.1. The summed E-state index contributed by atoms with van der Waals surface area (Å²) in [5, 5.41) is 3.18. The molecule has 0 spiro atoms. The van der Waals surface area contributed by atoms with Crippen LogP contribution < -0.4 is 0 Å². The molecule has 3 aromatic rings. The van der Waals surface area contributed by atoms with Gasteiger partial charge < -0.3 is 0 Å². The highest BCUT2D eigenvalue weighted by Gasteiger charge is 2.36. The van der Waals surface area contributed by atoms with Crippen LogP contribution in [0.5, 0.6) is 0 Å². The number of hydrogen-bond acceptors (Lipinski definition) is 6. The largest absolute Gasteiger partial charge is 0.295 e. The van der Waals surface area contributed by atoms with Crippen LogP contribution in [0.3, 0.4) is 0 Å². The Bertz CT molecular complexity index is 1040. The molecule has 2 aromatic carbocycles. The molecule has 152 valence electrons. The van der Waals surface area contributed by atoms with Crippen molar-refractivity contribution in [3.8, 4) is 10.6 Å². The van der Waals surface area contributed by atoms with Crippen LogP contribution in [0, 0.1) is 0 Å². The van der Waals surface area contributed by atoms with Gasteiger partial charge in [0.1, 0.15) is 5.01 Å². The molecule has 2 aliphatic heterocycles. The van der Waals surface area contributed by atoms with Crippen LogP contribution in [0.15, 0.2) is 60.0 Å². The Hall–Kier alpha value is -2.87. The third-order valence-electron chi connectivity index (χ3n) is 5.64. The van der Waals surface area contributed by atoms with Gasteiger partial charge in [-0.1, -0.05) is 42.5 Å². The Labute approximate surface area is 179 Å². The topological polar surface area (TPSA) is 56.8 Å². The summed E-state index contributed by atoms with van der Waals surface area (Å²) < 4.78 is 0. The SMILES string of the molecule is O=C1c2ccccc2C(=O)N1CN1CCN(Cc2csc(-c3ccccc3)n2)CC1. The summed E-state index contributed by atoms with van der Waals surface area (Å²) in [5.41, 5.74) is 3.27. The predicted octanol–water partition coefficient (Wildman–Crippen LogP) is 3.18. The van der Waals surface area contributed by atoms with Crippen LogP contribution in [-0.2, 0) is 6.54 Å². The summed E-state index contributed by atoms with van der Waals surface area (Å²) in [6.45, 7) is 4.61. The predicted molar refractivity (Wildman–Crippen MR) is 116 cm³/mol. The summed E-state index contributed by atoms with van der Waals surface area (Å²) in [4.78, 5) is 35.8. The van der Waals surface area contributed by atoms with Crippen molar-refractivity contribution < 1.29 is 9.59 Å². The van der Waals surface area contributed by atoms with Gasteiger partial charge in [-0.3, -0.25) is 24.3 Å². The van der Waals surface area contributed by atoms with Gasteiger partial charge in [0, 0.05) is 43.7 Å². The zero-order chi connectivity index (χ0) is 20.5. The molecule has 0 unspecified atom stereocenters. The molecule has 0 aliphatic carbocycles. The van der Waals surface area contributed by atoms with E-state index in [1.165, 1.54) is 4.90 Å². The number of fused-ring (bicyclic) bond motifs is 1. The molecule has 0 atom stereocenters. The first kappa shape index (κ1) is 19.1. The number of aromatic nitrogens is 1. The van der Waals surface area contributed by atoms with Crippen LogP contribution in [0.25, 0.3) is 10.6 Å².